The normalized spacial score (nSPS) is 17.2. The van der Waals surface area contributed by atoms with Crippen LogP contribution in [0.3, 0.4) is 0 Å². The van der Waals surface area contributed by atoms with Crippen LogP contribution in [0.4, 0.5) is 14.5 Å². The Bertz CT molecular complexity index is 1530. The quantitative estimate of drug-likeness (QED) is 0.468. The highest BCUT2D eigenvalue weighted by Crippen LogP contribution is 2.32. The number of anilines is 1. The topological polar surface area (TPSA) is 93.9 Å². The van der Waals surface area contributed by atoms with Crippen molar-refractivity contribution in [3.05, 3.63) is 77.5 Å². The van der Waals surface area contributed by atoms with Gasteiger partial charge in [0, 0.05) is 5.56 Å². The lowest BCUT2D eigenvalue weighted by molar-refractivity contribution is 0.102. The van der Waals surface area contributed by atoms with Crippen molar-refractivity contribution in [3.63, 3.8) is 0 Å². The lowest BCUT2D eigenvalue weighted by atomic mass is 10.0. The molecule has 7 nitrogen and oxygen atoms in total. The molecule has 1 atom stereocenters. The maximum atomic E-state index is 14.2. The number of nitrogens with one attached hydrogen (secondary N) is 1. The second kappa shape index (κ2) is 8.28. The number of rotatable bonds is 4. The number of hydrogen-bond donors (Lipinski definition) is 1. The van der Waals surface area contributed by atoms with Gasteiger partial charge in [0.15, 0.2) is 15.5 Å². The van der Waals surface area contributed by atoms with Gasteiger partial charge >= 0.3 is 0 Å². The summed E-state index contributed by atoms with van der Waals surface area (Å²) >= 11 is 0. The highest BCUT2D eigenvalue weighted by molar-refractivity contribution is 7.91. The van der Waals surface area contributed by atoms with Crippen molar-refractivity contribution in [2.24, 2.45) is 0 Å². The number of sulfone groups is 1. The summed E-state index contributed by atoms with van der Waals surface area (Å²) < 4.78 is 53.4. The van der Waals surface area contributed by atoms with Gasteiger partial charge in [-0.3, -0.25) is 4.79 Å². The lowest BCUT2D eigenvalue weighted by Gasteiger charge is -2.12. The third-order valence-electron chi connectivity index (χ3n) is 5.90. The number of carbonyl (C=O) groups is 1. The molecular weight excluding hydrogens is 462 g/mol. The van der Waals surface area contributed by atoms with Crippen LogP contribution in [-0.4, -0.2) is 40.6 Å². The molecule has 1 aliphatic heterocycles. The minimum absolute atomic E-state index is 0.0210. The van der Waals surface area contributed by atoms with E-state index >= 15 is 0 Å². The molecule has 0 aliphatic carbocycles. The molecule has 174 valence electrons. The van der Waals surface area contributed by atoms with E-state index < -0.39 is 33.4 Å². The largest absolute Gasteiger partial charge is 0.319 e. The van der Waals surface area contributed by atoms with E-state index in [0.29, 0.717) is 34.4 Å². The molecule has 1 N–H and O–H groups in total. The van der Waals surface area contributed by atoms with E-state index in [1.54, 1.807) is 23.7 Å². The SMILES string of the molecule is Cc1nn(C2CCS(=O)(=O)C2)c2nc(-c3ccc(F)cc3)cc(C(=O)Nc3ccccc3F)c12. The molecule has 1 saturated heterocycles. The Morgan fingerprint density at radius 3 is 2.53 bits per heavy atom. The smallest absolute Gasteiger partial charge is 0.256 e. The van der Waals surface area contributed by atoms with Crippen LogP contribution in [0.5, 0.6) is 0 Å². The van der Waals surface area contributed by atoms with Gasteiger partial charge in [-0.05, 0) is 55.8 Å². The zero-order valence-corrected chi connectivity index (χ0v) is 18.9. The number of carbonyl (C=O) groups excluding carboxylic acids is 1. The molecule has 1 unspecified atom stereocenters. The lowest BCUT2D eigenvalue weighted by Crippen LogP contribution is -2.15. The number of para-hydroxylation sites is 1. The third-order valence-corrected chi connectivity index (χ3v) is 7.65. The fourth-order valence-corrected chi connectivity index (χ4v) is 5.93. The Balaban J connectivity index is 1.69. The van der Waals surface area contributed by atoms with E-state index in [2.05, 4.69) is 15.4 Å². The van der Waals surface area contributed by atoms with Gasteiger partial charge in [0.05, 0.1) is 45.6 Å². The number of hydrogen-bond acceptors (Lipinski definition) is 5. The van der Waals surface area contributed by atoms with Crippen molar-refractivity contribution in [1.29, 1.82) is 0 Å². The van der Waals surface area contributed by atoms with Crippen molar-refractivity contribution in [2.45, 2.75) is 19.4 Å². The number of halogens is 2. The summed E-state index contributed by atoms with van der Waals surface area (Å²) in [6.07, 6.45) is 0.387. The molecule has 0 radical (unpaired) electrons. The summed E-state index contributed by atoms with van der Waals surface area (Å²) in [6, 6.07) is 12.6. The van der Waals surface area contributed by atoms with Crippen molar-refractivity contribution < 1.29 is 22.0 Å². The fraction of sp³-hybridized carbons (Fsp3) is 0.208. The number of fused-ring (bicyclic) bond motifs is 1. The number of aryl methyl sites for hydroxylation is 1. The first-order valence-electron chi connectivity index (χ1n) is 10.6. The Morgan fingerprint density at radius 1 is 1.12 bits per heavy atom. The first-order valence-corrected chi connectivity index (χ1v) is 12.5. The van der Waals surface area contributed by atoms with Crippen LogP contribution in [-0.2, 0) is 9.84 Å². The van der Waals surface area contributed by atoms with Gasteiger partial charge in [-0.2, -0.15) is 5.10 Å². The number of benzene rings is 2. The summed E-state index contributed by atoms with van der Waals surface area (Å²) in [7, 11) is -3.19. The summed E-state index contributed by atoms with van der Waals surface area (Å²) in [4.78, 5) is 18.0. The van der Waals surface area contributed by atoms with Gasteiger partial charge in [-0.25, -0.2) is 26.9 Å². The standard InChI is InChI=1S/C24H20F2N4O3S/c1-14-22-18(24(31)28-20-5-3-2-4-19(20)26)12-21(15-6-8-16(25)9-7-15)27-23(22)30(29-14)17-10-11-34(32,33)13-17/h2-9,12,17H,10-11,13H2,1H3,(H,28,31). The number of aromatic nitrogens is 3. The van der Waals surface area contributed by atoms with E-state index in [9.17, 15) is 22.0 Å². The maximum Gasteiger partial charge on any atom is 0.256 e. The summed E-state index contributed by atoms with van der Waals surface area (Å²) in [5.41, 5.74) is 2.02. The molecule has 1 amide bonds. The Hall–Kier alpha value is -3.66. The van der Waals surface area contributed by atoms with E-state index in [4.69, 9.17) is 0 Å². The maximum absolute atomic E-state index is 14.2. The molecule has 5 rings (SSSR count). The molecular formula is C24H20F2N4O3S. The second-order valence-electron chi connectivity index (χ2n) is 8.28. The molecule has 0 spiro atoms. The summed E-state index contributed by atoms with van der Waals surface area (Å²) in [5.74, 6) is -1.58. The van der Waals surface area contributed by atoms with Gasteiger partial charge in [0.25, 0.3) is 5.91 Å². The summed E-state index contributed by atoms with van der Waals surface area (Å²) in [5, 5.41) is 7.57. The molecule has 4 aromatic rings. The molecule has 34 heavy (non-hydrogen) atoms. The van der Waals surface area contributed by atoms with Gasteiger partial charge < -0.3 is 5.32 Å². The van der Waals surface area contributed by atoms with Crippen LogP contribution >= 0.6 is 0 Å². The van der Waals surface area contributed by atoms with Crippen molar-refractivity contribution >= 4 is 32.5 Å². The van der Waals surface area contributed by atoms with E-state index in [1.807, 2.05) is 0 Å². The van der Waals surface area contributed by atoms with Crippen molar-refractivity contribution in [3.8, 4) is 11.3 Å². The average molecular weight is 483 g/mol. The Labute approximate surface area is 194 Å². The third kappa shape index (κ3) is 4.05. The van der Waals surface area contributed by atoms with E-state index in [1.165, 1.54) is 42.5 Å². The molecule has 2 aromatic carbocycles. The zero-order chi connectivity index (χ0) is 24.0. The second-order valence-corrected chi connectivity index (χ2v) is 10.5. The van der Waals surface area contributed by atoms with Crippen molar-refractivity contribution in [2.75, 3.05) is 16.8 Å². The molecule has 2 aromatic heterocycles. The average Bonchev–Trinajstić information content (AvgIpc) is 3.34. The van der Waals surface area contributed by atoms with Crippen LogP contribution < -0.4 is 5.32 Å². The van der Waals surface area contributed by atoms with Gasteiger partial charge in [0.2, 0.25) is 0 Å². The van der Waals surface area contributed by atoms with Gasteiger partial charge in [0.1, 0.15) is 11.6 Å². The molecule has 1 aliphatic rings. The Kier molecular flexibility index (Phi) is 5.40. The Morgan fingerprint density at radius 2 is 1.85 bits per heavy atom. The number of pyridine rings is 1. The molecule has 10 heteroatoms. The monoisotopic (exact) mass is 482 g/mol. The van der Waals surface area contributed by atoms with Crippen LogP contribution in [0.1, 0.15) is 28.5 Å². The minimum Gasteiger partial charge on any atom is -0.319 e. The van der Waals surface area contributed by atoms with Crippen molar-refractivity contribution in [1.82, 2.24) is 14.8 Å². The first-order chi connectivity index (χ1) is 16.2. The predicted molar refractivity (Wildman–Crippen MR) is 124 cm³/mol. The summed E-state index contributed by atoms with van der Waals surface area (Å²) in [6.45, 7) is 1.71. The highest BCUT2D eigenvalue weighted by Gasteiger charge is 2.32. The highest BCUT2D eigenvalue weighted by atomic mass is 32.2. The van der Waals surface area contributed by atoms with Crippen LogP contribution in [0.2, 0.25) is 0 Å². The molecule has 0 saturated carbocycles. The van der Waals surface area contributed by atoms with Crippen LogP contribution in [0.25, 0.3) is 22.3 Å². The minimum atomic E-state index is -3.19. The van der Waals surface area contributed by atoms with Crippen LogP contribution in [0, 0.1) is 18.6 Å². The van der Waals surface area contributed by atoms with Gasteiger partial charge in [-0.15, -0.1) is 0 Å². The van der Waals surface area contributed by atoms with E-state index in [0.717, 1.165) is 0 Å². The van der Waals surface area contributed by atoms with E-state index in [-0.39, 0.29) is 22.8 Å². The molecule has 1 fully saturated rings. The van der Waals surface area contributed by atoms with Gasteiger partial charge in [-0.1, -0.05) is 12.1 Å². The molecule has 0 bridgehead atoms. The number of nitrogens with zero attached hydrogens (tertiary/aromatic N) is 3. The van der Waals surface area contributed by atoms with Crippen LogP contribution in [0.15, 0.2) is 54.6 Å². The predicted octanol–water partition coefficient (Wildman–Crippen LogP) is 4.30. The molecule has 3 heterocycles. The zero-order valence-electron chi connectivity index (χ0n) is 18.1. The first kappa shape index (κ1) is 22.1. The number of amides is 1. The fourth-order valence-electron chi connectivity index (χ4n) is 4.24.